The van der Waals surface area contributed by atoms with Crippen molar-refractivity contribution in [2.45, 2.75) is 19.4 Å². The van der Waals surface area contributed by atoms with Gasteiger partial charge in [0.05, 0.1) is 0 Å². The Bertz CT molecular complexity index is 480. The minimum atomic E-state index is -1.28. The molecule has 0 aliphatic heterocycles. The molecule has 0 heterocycles. The van der Waals surface area contributed by atoms with Crippen LogP contribution >= 0.6 is 15.9 Å². The van der Waals surface area contributed by atoms with Crippen LogP contribution in [0, 0.1) is 0 Å². The molecule has 0 aliphatic carbocycles. The van der Waals surface area contributed by atoms with Gasteiger partial charge in [-0.1, -0.05) is 15.9 Å². The van der Waals surface area contributed by atoms with E-state index in [1.807, 2.05) is 0 Å². The molecule has 0 aliphatic rings. The second-order valence-corrected chi connectivity index (χ2v) is 5.42. The number of rotatable bonds is 3. The molecule has 6 heteroatoms. The fourth-order valence-electron chi connectivity index (χ4n) is 1.33. The topological polar surface area (TPSA) is 83.6 Å². The summed E-state index contributed by atoms with van der Waals surface area (Å²) in [6.07, 6.45) is 0. The van der Waals surface area contributed by atoms with Crippen molar-refractivity contribution in [2.75, 3.05) is 12.8 Å². The van der Waals surface area contributed by atoms with Crippen LogP contribution in [0.25, 0.3) is 0 Å². The van der Waals surface area contributed by atoms with Crippen LogP contribution in [0.4, 0.5) is 5.69 Å². The number of benzene rings is 1. The number of nitrogen functional groups attached to an aromatic ring is 1. The highest BCUT2D eigenvalue weighted by Crippen LogP contribution is 2.21. The highest BCUT2D eigenvalue weighted by atomic mass is 79.9. The van der Waals surface area contributed by atoms with Gasteiger partial charge >= 0.3 is 5.97 Å². The molecule has 1 aromatic rings. The number of anilines is 1. The SMILES string of the molecule is CN(C(=O)c1cc(N)cc(Br)c1)C(C)(C)C(=O)O. The Labute approximate surface area is 114 Å². The standard InChI is InChI=1S/C12H15BrN2O3/c1-12(2,11(17)18)15(3)10(16)7-4-8(13)6-9(14)5-7/h4-6H,14H2,1-3H3,(H,17,18). The third-order valence-electron chi connectivity index (χ3n) is 2.83. The molecule has 1 amide bonds. The Morgan fingerprint density at radius 3 is 2.33 bits per heavy atom. The van der Waals surface area contributed by atoms with Crippen LogP contribution < -0.4 is 5.73 Å². The lowest BCUT2D eigenvalue weighted by Gasteiger charge is -2.31. The van der Waals surface area contributed by atoms with Crippen molar-refractivity contribution < 1.29 is 14.7 Å². The van der Waals surface area contributed by atoms with Gasteiger partial charge in [0.15, 0.2) is 0 Å². The molecule has 0 fully saturated rings. The third-order valence-corrected chi connectivity index (χ3v) is 3.29. The van der Waals surface area contributed by atoms with Gasteiger partial charge < -0.3 is 15.7 Å². The average Bonchev–Trinajstić information content (AvgIpc) is 2.25. The van der Waals surface area contributed by atoms with Crippen molar-refractivity contribution in [1.82, 2.24) is 4.90 Å². The minimum Gasteiger partial charge on any atom is -0.480 e. The first-order valence-electron chi connectivity index (χ1n) is 5.24. The van der Waals surface area contributed by atoms with E-state index in [9.17, 15) is 9.59 Å². The minimum absolute atomic E-state index is 0.346. The zero-order valence-electron chi connectivity index (χ0n) is 10.4. The fourth-order valence-corrected chi connectivity index (χ4v) is 1.84. The summed E-state index contributed by atoms with van der Waals surface area (Å²) in [7, 11) is 1.45. The fraction of sp³-hybridized carbons (Fsp3) is 0.333. The van der Waals surface area contributed by atoms with E-state index in [-0.39, 0.29) is 0 Å². The molecule has 98 valence electrons. The van der Waals surface area contributed by atoms with Crippen LogP contribution in [0.1, 0.15) is 24.2 Å². The summed E-state index contributed by atoms with van der Waals surface area (Å²) in [6, 6.07) is 4.79. The number of halogens is 1. The number of nitrogens with zero attached hydrogens (tertiary/aromatic N) is 1. The Morgan fingerprint density at radius 1 is 1.33 bits per heavy atom. The maximum absolute atomic E-state index is 12.2. The highest BCUT2D eigenvalue weighted by molar-refractivity contribution is 9.10. The van der Waals surface area contributed by atoms with E-state index in [1.165, 1.54) is 31.9 Å². The van der Waals surface area contributed by atoms with Gasteiger partial charge in [0.1, 0.15) is 5.54 Å². The second-order valence-electron chi connectivity index (χ2n) is 4.50. The Kier molecular flexibility index (Phi) is 4.01. The van der Waals surface area contributed by atoms with Crippen molar-refractivity contribution in [3.63, 3.8) is 0 Å². The number of likely N-dealkylation sites (N-methyl/N-ethyl adjacent to an activating group) is 1. The summed E-state index contributed by atoms with van der Waals surface area (Å²) in [4.78, 5) is 24.5. The van der Waals surface area contributed by atoms with Gasteiger partial charge in [-0.15, -0.1) is 0 Å². The zero-order valence-corrected chi connectivity index (χ0v) is 12.0. The summed E-state index contributed by atoms with van der Waals surface area (Å²) < 4.78 is 0.674. The molecule has 1 rings (SSSR count). The Balaban J connectivity index is 3.11. The lowest BCUT2D eigenvalue weighted by atomic mass is 10.0. The van der Waals surface area contributed by atoms with Crippen molar-refractivity contribution >= 4 is 33.5 Å². The smallest absolute Gasteiger partial charge is 0.329 e. The van der Waals surface area contributed by atoms with Gasteiger partial charge in [0.2, 0.25) is 0 Å². The molecule has 0 saturated heterocycles. The van der Waals surface area contributed by atoms with Crippen LogP contribution in [0.3, 0.4) is 0 Å². The monoisotopic (exact) mass is 314 g/mol. The van der Waals surface area contributed by atoms with Gasteiger partial charge in [-0.25, -0.2) is 4.79 Å². The molecular weight excluding hydrogens is 300 g/mol. The number of carboxylic acids is 1. The van der Waals surface area contributed by atoms with Gasteiger partial charge in [-0.3, -0.25) is 4.79 Å². The predicted octanol–water partition coefficient (Wildman–Crippen LogP) is 1.97. The van der Waals surface area contributed by atoms with E-state index in [1.54, 1.807) is 12.1 Å². The quantitative estimate of drug-likeness (QED) is 0.835. The van der Waals surface area contributed by atoms with Gasteiger partial charge in [-0.2, -0.15) is 0 Å². The molecule has 0 atom stereocenters. The van der Waals surface area contributed by atoms with Gasteiger partial charge in [0, 0.05) is 22.8 Å². The van der Waals surface area contributed by atoms with Gasteiger partial charge in [-0.05, 0) is 32.0 Å². The highest BCUT2D eigenvalue weighted by Gasteiger charge is 2.35. The number of amides is 1. The first kappa shape index (κ1) is 14.5. The predicted molar refractivity (Wildman–Crippen MR) is 72.4 cm³/mol. The maximum atomic E-state index is 12.2. The summed E-state index contributed by atoms with van der Waals surface area (Å²) >= 11 is 3.24. The summed E-state index contributed by atoms with van der Waals surface area (Å²) in [5.74, 6) is -1.46. The Hall–Kier alpha value is -1.56. The number of carbonyl (C=O) groups excluding carboxylic acids is 1. The number of carboxylic acid groups (broad SMARTS) is 1. The number of carbonyl (C=O) groups is 2. The molecule has 5 nitrogen and oxygen atoms in total. The van der Waals surface area contributed by atoms with Crippen LogP contribution in [-0.2, 0) is 4.79 Å². The summed E-state index contributed by atoms with van der Waals surface area (Å²) in [6.45, 7) is 2.93. The molecule has 0 spiro atoms. The first-order chi connectivity index (χ1) is 8.16. The molecule has 0 unspecified atom stereocenters. The molecule has 1 aromatic carbocycles. The van der Waals surface area contributed by atoms with E-state index < -0.39 is 17.4 Å². The lowest BCUT2D eigenvalue weighted by Crippen LogP contribution is -2.50. The largest absolute Gasteiger partial charge is 0.480 e. The normalized spacial score (nSPS) is 11.1. The third kappa shape index (κ3) is 2.81. The van der Waals surface area contributed by atoms with E-state index in [0.717, 1.165) is 0 Å². The molecule has 3 N–H and O–H groups in total. The van der Waals surface area contributed by atoms with E-state index in [0.29, 0.717) is 15.7 Å². The molecule has 18 heavy (non-hydrogen) atoms. The lowest BCUT2D eigenvalue weighted by molar-refractivity contribution is -0.147. The van der Waals surface area contributed by atoms with E-state index in [2.05, 4.69) is 15.9 Å². The zero-order chi connectivity index (χ0) is 14.1. The number of nitrogens with two attached hydrogens (primary N) is 1. The number of aliphatic carboxylic acids is 1. The van der Waals surface area contributed by atoms with Crippen LogP contribution in [0.15, 0.2) is 22.7 Å². The van der Waals surface area contributed by atoms with Crippen molar-refractivity contribution in [2.24, 2.45) is 0 Å². The van der Waals surface area contributed by atoms with Crippen LogP contribution in [-0.4, -0.2) is 34.5 Å². The van der Waals surface area contributed by atoms with Crippen LogP contribution in [0.5, 0.6) is 0 Å². The van der Waals surface area contributed by atoms with Crippen LogP contribution in [0.2, 0.25) is 0 Å². The van der Waals surface area contributed by atoms with E-state index in [4.69, 9.17) is 10.8 Å². The Morgan fingerprint density at radius 2 is 1.89 bits per heavy atom. The van der Waals surface area contributed by atoms with Crippen molar-refractivity contribution in [1.29, 1.82) is 0 Å². The molecule has 0 aromatic heterocycles. The summed E-state index contributed by atoms with van der Waals surface area (Å²) in [5, 5.41) is 9.09. The van der Waals surface area contributed by atoms with Gasteiger partial charge in [0.25, 0.3) is 5.91 Å². The summed E-state index contributed by atoms with van der Waals surface area (Å²) in [5.41, 5.74) is 5.15. The second kappa shape index (κ2) is 4.97. The van der Waals surface area contributed by atoms with Crippen molar-refractivity contribution in [3.8, 4) is 0 Å². The first-order valence-corrected chi connectivity index (χ1v) is 6.03. The average molecular weight is 315 g/mol. The van der Waals surface area contributed by atoms with Crippen molar-refractivity contribution in [3.05, 3.63) is 28.2 Å². The maximum Gasteiger partial charge on any atom is 0.329 e. The molecular formula is C12H15BrN2O3. The number of hydrogen-bond acceptors (Lipinski definition) is 3. The van der Waals surface area contributed by atoms with E-state index >= 15 is 0 Å². The number of hydrogen-bond donors (Lipinski definition) is 2. The molecule has 0 radical (unpaired) electrons. The molecule has 0 bridgehead atoms. The molecule has 0 saturated carbocycles.